The molecule has 0 fully saturated rings. The fourth-order valence-corrected chi connectivity index (χ4v) is 3.90. The molecule has 0 aliphatic carbocycles. The lowest BCUT2D eigenvalue weighted by molar-refractivity contribution is 0.0696. The van der Waals surface area contributed by atoms with Gasteiger partial charge in [-0.25, -0.2) is 4.79 Å². The third kappa shape index (κ3) is 2.48. The van der Waals surface area contributed by atoms with Gasteiger partial charge in [0.1, 0.15) is 11.3 Å². The van der Waals surface area contributed by atoms with E-state index in [1.807, 2.05) is 37.7 Å². The molecular formula is C17H26N4O3. The number of carboxylic acids is 1. The van der Waals surface area contributed by atoms with Gasteiger partial charge in [0.05, 0.1) is 24.7 Å². The quantitative estimate of drug-likeness (QED) is 0.869. The van der Waals surface area contributed by atoms with E-state index >= 15 is 0 Å². The number of hydrogen-bond acceptors (Lipinski definition) is 6. The standard InChI is InChI=1S/C17H26N4O3/c1-5-20-9-18(3)7-11-14(20)13(17(23)24)15-12(16(11)22)8-19(4)10-21(15)6-2/h22H,5-10H2,1-4H3,(H,23,24). The van der Waals surface area contributed by atoms with Gasteiger partial charge in [-0.3, -0.25) is 9.80 Å². The van der Waals surface area contributed by atoms with Gasteiger partial charge in [-0.15, -0.1) is 0 Å². The van der Waals surface area contributed by atoms with Crippen molar-refractivity contribution < 1.29 is 15.0 Å². The lowest BCUT2D eigenvalue weighted by Crippen LogP contribution is -2.44. The van der Waals surface area contributed by atoms with Crippen molar-refractivity contribution in [2.45, 2.75) is 26.9 Å². The summed E-state index contributed by atoms with van der Waals surface area (Å²) in [7, 11) is 3.96. The summed E-state index contributed by atoms with van der Waals surface area (Å²) >= 11 is 0. The summed E-state index contributed by atoms with van der Waals surface area (Å²) in [4.78, 5) is 20.4. The van der Waals surface area contributed by atoms with Crippen molar-refractivity contribution in [1.82, 2.24) is 9.80 Å². The van der Waals surface area contributed by atoms with E-state index in [2.05, 4.69) is 9.80 Å². The van der Waals surface area contributed by atoms with Gasteiger partial charge in [-0.1, -0.05) is 0 Å². The van der Waals surface area contributed by atoms with Crippen LogP contribution in [0.2, 0.25) is 0 Å². The molecule has 0 amide bonds. The van der Waals surface area contributed by atoms with Gasteiger partial charge in [-0.2, -0.15) is 0 Å². The Morgan fingerprint density at radius 3 is 1.71 bits per heavy atom. The van der Waals surface area contributed by atoms with Crippen LogP contribution in [0.4, 0.5) is 11.4 Å². The Morgan fingerprint density at radius 2 is 1.38 bits per heavy atom. The summed E-state index contributed by atoms with van der Waals surface area (Å²) in [5.74, 6) is -0.673. The number of phenolic OH excluding ortho intramolecular Hbond substituents is 1. The van der Waals surface area contributed by atoms with Crippen LogP contribution in [0.1, 0.15) is 35.3 Å². The highest BCUT2D eigenvalue weighted by molar-refractivity contribution is 6.04. The second-order valence-electron chi connectivity index (χ2n) is 6.71. The Bertz CT molecular complexity index is 629. The van der Waals surface area contributed by atoms with Crippen molar-refractivity contribution in [3.8, 4) is 5.75 Å². The maximum absolute atomic E-state index is 12.2. The molecule has 24 heavy (non-hydrogen) atoms. The zero-order valence-electron chi connectivity index (χ0n) is 14.8. The molecule has 2 heterocycles. The predicted molar refractivity (Wildman–Crippen MR) is 93.8 cm³/mol. The Hall–Kier alpha value is -1.99. The van der Waals surface area contributed by atoms with Gasteiger partial charge >= 0.3 is 5.97 Å². The van der Waals surface area contributed by atoms with Crippen molar-refractivity contribution in [3.63, 3.8) is 0 Å². The minimum Gasteiger partial charge on any atom is -0.507 e. The normalized spacial score (nSPS) is 18.5. The van der Waals surface area contributed by atoms with E-state index in [4.69, 9.17) is 0 Å². The molecule has 7 heteroatoms. The molecule has 0 aromatic heterocycles. The number of carbonyl (C=O) groups is 1. The number of rotatable bonds is 3. The van der Waals surface area contributed by atoms with Crippen molar-refractivity contribution in [2.24, 2.45) is 0 Å². The predicted octanol–water partition coefficient (Wildman–Crippen LogP) is 1.55. The van der Waals surface area contributed by atoms with E-state index in [-0.39, 0.29) is 5.75 Å². The molecule has 1 aromatic carbocycles. The minimum absolute atomic E-state index is 0.250. The monoisotopic (exact) mass is 334 g/mol. The average molecular weight is 334 g/mol. The zero-order valence-corrected chi connectivity index (χ0v) is 14.8. The first-order valence-corrected chi connectivity index (χ1v) is 8.39. The third-order valence-electron chi connectivity index (χ3n) is 4.91. The van der Waals surface area contributed by atoms with Crippen molar-refractivity contribution in [3.05, 3.63) is 16.7 Å². The van der Waals surface area contributed by atoms with Crippen LogP contribution in [0.15, 0.2) is 0 Å². The highest BCUT2D eigenvalue weighted by Crippen LogP contribution is 2.47. The molecule has 1 aromatic rings. The Labute approximate surface area is 142 Å². The first kappa shape index (κ1) is 16.9. The summed E-state index contributed by atoms with van der Waals surface area (Å²) in [5.41, 5.74) is 3.16. The van der Waals surface area contributed by atoms with E-state index in [9.17, 15) is 15.0 Å². The number of anilines is 2. The van der Waals surface area contributed by atoms with Crippen molar-refractivity contribution in [2.75, 3.05) is 50.3 Å². The van der Waals surface area contributed by atoms with Crippen molar-refractivity contribution >= 4 is 17.3 Å². The summed E-state index contributed by atoms with van der Waals surface area (Å²) in [6, 6.07) is 0. The van der Waals surface area contributed by atoms with Crippen LogP contribution in [0.3, 0.4) is 0 Å². The smallest absolute Gasteiger partial charge is 0.339 e. The number of nitrogens with zero attached hydrogens (tertiary/aromatic N) is 4. The van der Waals surface area contributed by atoms with E-state index in [1.165, 1.54) is 0 Å². The zero-order chi connectivity index (χ0) is 17.6. The maximum Gasteiger partial charge on any atom is 0.339 e. The summed E-state index contributed by atoms with van der Waals surface area (Å²) in [5, 5.41) is 20.9. The van der Waals surface area contributed by atoms with Crippen LogP contribution in [0.25, 0.3) is 0 Å². The molecule has 132 valence electrons. The average Bonchev–Trinajstić information content (AvgIpc) is 2.54. The molecule has 0 atom stereocenters. The van der Waals surface area contributed by atoms with Crippen molar-refractivity contribution in [1.29, 1.82) is 0 Å². The van der Waals surface area contributed by atoms with Gasteiger partial charge in [0.25, 0.3) is 0 Å². The van der Waals surface area contributed by atoms with Crippen LogP contribution in [-0.2, 0) is 13.1 Å². The lowest BCUT2D eigenvalue weighted by atomic mass is 9.93. The molecular weight excluding hydrogens is 308 g/mol. The first-order valence-electron chi connectivity index (χ1n) is 8.39. The van der Waals surface area contributed by atoms with E-state index in [1.54, 1.807) is 0 Å². The number of aromatic carboxylic acids is 1. The van der Waals surface area contributed by atoms with Crippen LogP contribution in [0.5, 0.6) is 5.75 Å². The number of fused-ring (bicyclic) bond motifs is 2. The van der Waals surface area contributed by atoms with E-state index < -0.39 is 5.97 Å². The maximum atomic E-state index is 12.2. The minimum atomic E-state index is -0.923. The largest absolute Gasteiger partial charge is 0.507 e. The van der Waals surface area contributed by atoms with Gasteiger partial charge in [0, 0.05) is 37.3 Å². The molecule has 0 radical (unpaired) electrons. The second-order valence-corrected chi connectivity index (χ2v) is 6.71. The summed E-state index contributed by atoms with van der Waals surface area (Å²) < 4.78 is 0. The third-order valence-corrected chi connectivity index (χ3v) is 4.91. The Balaban J connectivity index is 2.35. The molecule has 2 aliphatic heterocycles. The fraction of sp³-hybridized carbons (Fsp3) is 0.588. The molecule has 0 saturated heterocycles. The molecule has 3 rings (SSSR count). The molecule has 2 N–H and O–H groups in total. The Kier molecular flexibility index (Phi) is 4.31. The van der Waals surface area contributed by atoms with Gasteiger partial charge < -0.3 is 20.0 Å². The van der Waals surface area contributed by atoms with Gasteiger partial charge in [-0.05, 0) is 27.9 Å². The van der Waals surface area contributed by atoms with Crippen LogP contribution < -0.4 is 9.80 Å². The summed E-state index contributed by atoms with van der Waals surface area (Å²) in [6.45, 7) is 7.85. The molecule has 0 bridgehead atoms. The van der Waals surface area contributed by atoms with Crippen LogP contribution >= 0.6 is 0 Å². The highest BCUT2D eigenvalue weighted by atomic mass is 16.4. The molecule has 7 nitrogen and oxygen atoms in total. The van der Waals surface area contributed by atoms with Crippen LogP contribution in [0, 0.1) is 0 Å². The molecule has 2 aliphatic rings. The van der Waals surface area contributed by atoms with E-state index in [0.717, 1.165) is 11.1 Å². The summed E-state index contributed by atoms with van der Waals surface area (Å²) in [6.07, 6.45) is 0. The molecule has 0 saturated carbocycles. The number of benzene rings is 1. The number of phenols is 1. The highest BCUT2D eigenvalue weighted by Gasteiger charge is 2.36. The number of carboxylic acid groups (broad SMARTS) is 1. The number of hydrogen-bond donors (Lipinski definition) is 2. The Morgan fingerprint density at radius 1 is 0.958 bits per heavy atom. The fourth-order valence-electron chi connectivity index (χ4n) is 3.90. The topological polar surface area (TPSA) is 70.5 Å². The van der Waals surface area contributed by atoms with E-state index in [0.29, 0.717) is 56.5 Å². The van der Waals surface area contributed by atoms with Crippen LogP contribution in [-0.4, -0.2) is 66.5 Å². The van der Waals surface area contributed by atoms with Gasteiger partial charge in [0.2, 0.25) is 0 Å². The SMILES string of the molecule is CCN1CN(C)Cc2c(O)c3c(c(C(=O)O)c21)N(CC)CN(C)C3. The number of aromatic hydroxyl groups is 1. The first-order chi connectivity index (χ1) is 11.4. The van der Waals surface area contributed by atoms with Gasteiger partial charge in [0.15, 0.2) is 0 Å². The molecule has 0 unspecified atom stereocenters. The second kappa shape index (κ2) is 6.14. The molecule has 0 spiro atoms. The lowest BCUT2D eigenvalue weighted by Gasteiger charge is -2.42.